The largest absolute Gasteiger partial charge is 0.356 e. The molecule has 1 amide bonds. The van der Waals surface area contributed by atoms with Gasteiger partial charge in [0.05, 0.1) is 0 Å². The number of carbonyl (C=O) groups is 1. The monoisotopic (exact) mass is 443 g/mol. The van der Waals surface area contributed by atoms with E-state index in [4.69, 9.17) is 0 Å². The lowest BCUT2D eigenvalue weighted by Gasteiger charge is -2.28. The molecule has 0 bridgehead atoms. The Morgan fingerprint density at radius 1 is 0.879 bits per heavy atom. The van der Waals surface area contributed by atoms with Crippen LogP contribution in [-0.4, -0.2) is 29.0 Å². The Morgan fingerprint density at radius 2 is 1.52 bits per heavy atom. The molecule has 0 spiro atoms. The third-order valence-corrected chi connectivity index (χ3v) is 5.93. The van der Waals surface area contributed by atoms with Crippen molar-refractivity contribution in [2.75, 3.05) is 28.6 Å². The van der Waals surface area contributed by atoms with Crippen molar-refractivity contribution in [3.63, 3.8) is 0 Å². The maximum atomic E-state index is 12.6. The third-order valence-electron chi connectivity index (χ3n) is 5.93. The molecule has 1 aromatic heterocycles. The molecule has 0 unspecified atom stereocenters. The van der Waals surface area contributed by atoms with E-state index in [9.17, 15) is 4.79 Å². The molecule has 0 aliphatic carbocycles. The fourth-order valence-corrected chi connectivity index (χ4v) is 4.01. The van der Waals surface area contributed by atoms with E-state index in [-0.39, 0.29) is 11.3 Å². The molecule has 0 saturated carbocycles. The van der Waals surface area contributed by atoms with Crippen LogP contribution in [0, 0.1) is 6.92 Å². The summed E-state index contributed by atoms with van der Waals surface area (Å²) in [6.45, 7) is 10.5. The molecule has 172 valence electrons. The van der Waals surface area contributed by atoms with E-state index in [0.717, 1.165) is 41.9 Å². The Bertz CT molecular complexity index is 1090. The molecule has 2 N–H and O–H groups in total. The highest BCUT2D eigenvalue weighted by Crippen LogP contribution is 2.25. The summed E-state index contributed by atoms with van der Waals surface area (Å²) in [7, 11) is 0. The molecule has 0 atom stereocenters. The summed E-state index contributed by atoms with van der Waals surface area (Å²) in [4.78, 5) is 24.1. The van der Waals surface area contributed by atoms with Crippen LogP contribution in [0.2, 0.25) is 0 Å². The highest BCUT2D eigenvalue weighted by atomic mass is 16.1. The minimum absolute atomic E-state index is 0.0641. The Kier molecular flexibility index (Phi) is 6.63. The molecule has 2 aromatic carbocycles. The third kappa shape index (κ3) is 5.89. The van der Waals surface area contributed by atoms with Crippen molar-refractivity contribution in [3.8, 4) is 0 Å². The van der Waals surface area contributed by atoms with Gasteiger partial charge in [0.15, 0.2) is 0 Å². The van der Waals surface area contributed by atoms with Crippen LogP contribution in [0.3, 0.4) is 0 Å². The lowest BCUT2D eigenvalue weighted by Crippen LogP contribution is -2.30. The molecule has 6 heteroatoms. The second kappa shape index (κ2) is 9.61. The zero-order valence-electron chi connectivity index (χ0n) is 20.0. The number of amides is 1. The average Bonchev–Trinajstić information content (AvgIpc) is 2.80. The minimum atomic E-state index is -0.117. The Morgan fingerprint density at radius 3 is 2.15 bits per heavy atom. The van der Waals surface area contributed by atoms with E-state index >= 15 is 0 Å². The molecule has 3 aromatic rings. The Labute approximate surface area is 196 Å². The van der Waals surface area contributed by atoms with Crippen molar-refractivity contribution >= 4 is 28.9 Å². The van der Waals surface area contributed by atoms with Crippen LogP contribution in [0.5, 0.6) is 0 Å². The molecule has 6 nitrogen and oxygen atoms in total. The van der Waals surface area contributed by atoms with E-state index < -0.39 is 0 Å². The van der Waals surface area contributed by atoms with Crippen molar-refractivity contribution in [1.82, 2.24) is 9.97 Å². The number of nitrogens with zero attached hydrogens (tertiary/aromatic N) is 3. The average molecular weight is 444 g/mol. The van der Waals surface area contributed by atoms with Gasteiger partial charge in [-0.05, 0) is 73.6 Å². The molecule has 2 heterocycles. The number of aryl methyl sites for hydroxylation is 1. The van der Waals surface area contributed by atoms with Gasteiger partial charge >= 0.3 is 0 Å². The maximum Gasteiger partial charge on any atom is 0.255 e. The maximum absolute atomic E-state index is 12.6. The van der Waals surface area contributed by atoms with Crippen molar-refractivity contribution in [2.24, 2.45) is 0 Å². The molecule has 0 radical (unpaired) electrons. The smallest absolute Gasteiger partial charge is 0.255 e. The van der Waals surface area contributed by atoms with Gasteiger partial charge in [0.1, 0.15) is 17.5 Å². The van der Waals surface area contributed by atoms with Crippen molar-refractivity contribution in [3.05, 3.63) is 71.5 Å². The highest BCUT2D eigenvalue weighted by Gasteiger charge is 2.15. The summed E-state index contributed by atoms with van der Waals surface area (Å²) in [6.07, 6.45) is 3.70. The number of carbonyl (C=O) groups excluding carboxylic acids is 1. The van der Waals surface area contributed by atoms with Crippen LogP contribution in [0.25, 0.3) is 0 Å². The lowest BCUT2D eigenvalue weighted by molar-refractivity contribution is 0.102. The first-order valence-corrected chi connectivity index (χ1v) is 11.7. The van der Waals surface area contributed by atoms with E-state index in [1.165, 1.54) is 24.8 Å². The van der Waals surface area contributed by atoms with Gasteiger partial charge in [-0.15, -0.1) is 0 Å². The van der Waals surface area contributed by atoms with Crippen LogP contribution in [0.15, 0.2) is 54.6 Å². The van der Waals surface area contributed by atoms with Crippen LogP contribution in [0.4, 0.5) is 23.0 Å². The molecule has 4 rings (SSSR count). The number of benzene rings is 2. The van der Waals surface area contributed by atoms with Crippen molar-refractivity contribution < 1.29 is 4.79 Å². The summed E-state index contributed by atoms with van der Waals surface area (Å²) in [6, 6.07) is 17.5. The van der Waals surface area contributed by atoms with E-state index in [2.05, 4.69) is 46.3 Å². The normalized spacial score (nSPS) is 14.1. The van der Waals surface area contributed by atoms with Crippen LogP contribution < -0.4 is 15.5 Å². The fourth-order valence-electron chi connectivity index (χ4n) is 4.01. The molecular formula is C27H33N5O. The quantitative estimate of drug-likeness (QED) is 0.501. The van der Waals surface area contributed by atoms with E-state index in [1.54, 1.807) is 0 Å². The molecule has 1 saturated heterocycles. The van der Waals surface area contributed by atoms with E-state index in [1.807, 2.05) is 61.5 Å². The van der Waals surface area contributed by atoms with Crippen LogP contribution in [-0.2, 0) is 5.41 Å². The summed E-state index contributed by atoms with van der Waals surface area (Å²) in [5.41, 5.74) is 3.57. The van der Waals surface area contributed by atoms with Gasteiger partial charge < -0.3 is 15.5 Å². The second-order valence-corrected chi connectivity index (χ2v) is 9.69. The number of piperidine rings is 1. The van der Waals surface area contributed by atoms with Gasteiger partial charge in [-0.25, -0.2) is 9.97 Å². The number of hydrogen-bond acceptors (Lipinski definition) is 5. The predicted octanol–water partition coefficient (Wildman–Crippen LogP) is 6.07. The summed E-state index contributed by atoms with van der Waals surface area (Å²) in [5.74, 6) is 2.39. The number of rotatable bonds is 5. The topological polar surface area (TPSA) is 70.2 Å². The molecule has 1 aliphatic rings. The highest BCUT2D eigenvalue weighted by molar-refractivity contribution is 6.04. The minimum Gasteiger partial charge on any atom is -0.356 e. The summed E-state index contributed by atoms with van der Waals surface area (Å²) < 4.78 is 0. The Balaban J connectivity index is 1.40. The first-order valence-electron chi connectivity index (χ1n) is 11.7. The van der Waals surface area contributed by atoms with Crippen molar-refractivity contribution in [1.29, 1.82) is 0 Å². The zero-order valence-corrected chi connectivity index (χ0v) is 20.0. The van der Waals surface area contributed by atoms with Crippen LogP contribution in [0.1, 0.15) is 61.8 Å². The summed E-state index contributed by atoms with van der Waals surface area (Å²) in [5, 5.41) is 6.34. The SMILES string of the molecule is Cc1nc(Nc2ccc(NC(=O)c3ccc(C(C)(C)C)cc3)cc2)cc(N2CCCCC2)n1. The zero-order chi connectivity index (χ0) is 23.4. The van der Waals surface area contributed by atoms with Gasteiger partial charge in [0, 0.05) is 36.1 Å². The molecule has 1 aliphatic heterocycles. The first-order chi connectivity index (χ1) is 15.8. The van der Waals surface area contributed by atoms with Gasteiger partial charge in [0.2, 0.25) is 0 Å². The number of hydrogen-bond donors (Lipinski definition) is 2. The van der Waals surface area contributed by atoms with Gasteiger partial charge in [-0.3, -0.25) is 4.79 Å². The van der Waals surface area contributed by atoms with Crippen molar-refractivity contribution in [2.45, 2.75) is 52.4 Å². The van der Waals surface area contributed by atoms with Gasteiger partial charge in [0.25, 0.3) is 5.91 Å². The standard InChI is InChI=1S/C27H33N5O/c1-19-28-24(18-25(29-19)32-16-6-5-7-17-32)30-22-12-14-23(15-13-22)31-26(33)20-8-10-21(11-9-20)27(2,3)4/h8-15,18H,5-7,16-17H2,1-4H3,(H,31,33)(H,28,29,30). The number of anilines is 4. The van der Waals surface area contributed by atoms with Crippen LogP contribution >= 0.6 is 0 Å². The predicted molar refractivity (Wildman–Crippen MR) is 136 cm³/mol. The van der Waals surface area contributed by atoms with Gasteiger partial charge in [-0.2, -0.15) is 0 Å². The van der Waals surface area contributed by atoms with E-state index in [0.29, 0.717) is 5.56 Å². The summed E-state index contributed by atoms with van der Waals surface area (Å²) >= 11 is 0. The number of nitrogens with one attached hydrogen (secondary N) is 2. The molecule has 33 heavy (non-hydrogen) atoms. The fraction of sp³-hybridized carbons (Fsp3) is 0.370. The number of aromatic nitrogens is 2. The molecule has 1 fully saturated rings. The second-order valence-electron chi connectivity index (χ2n) is 9.69. The van der Waals surface area contributed by atoms with Gasteiger partial charge in [-0.1, -0.05) is 32.9 Å². The lowest BCUT2D eigenvalue weighted by atomic mass is 9.87. The molecular weight excluding hydrogens is 410 g/mol. The Hall–Kier alpha value is -3.41. The first kappa shape index (κ1) is 22.8.